The highest BCUT2D eigenvalue weighted by molar-refractivity contribution is 5.85. The van der Waals surface area contributed by atoms with Gasteiger partial charge in [0, 0.05) is 0 Å². The Labute approximate surface area is 80.9 Å². The van der Waals surface area contributed by atoms with E-state index in [2.05, 4.69) is 11.8 Å². The summed E-state index contributed by atoms with van der Waals surface area (Å²) >= 11 is 0. The molecule has 0 aromatic rings. The van der Waals surface area contributed by atoms with Gasteiger partial charge in [0.15, 0.2) is 0 Å². The van der Waals surface area contributed by atoms with Crippen LogP contribution in [-0.4, -0.2) is 22.2 Å². The number of hydrogen-bond acceptors (Lipinski definition) is 2. The first-order chi connectivity index (χ1) is 6.51. The lowest BCUT2D eigenvalue weighted by Gasteiger charge is -2.00. The van der Waals surface area contributed by atoms with Crippen LogP contribution in [0.2, 0.25) is 0 Å². The van der Waals surface area contributed by atoms with Crippen molar-refractivity contribution < 1.29 is 19.8 Å². The molecule has 2 N–H and O–H groups in total. The van der Waals surface area contributed by atoms with Gasteiger partial charge in [-0.05, 0) is 25.7 Å². The lowest BCUT2D eigenvalue weighted by molar-refractivity contribution is -0.142. The molecule has 0 atom stereocenters. The van der Waals surface area contributed by atoms with Crippen molar-refractivity contribution in [2.45, 2.75) is 25.7 Å². The van der Waals surface area contributed by atoms with Crippen LogP contribution in [0.3, 0.4) is 0 Å². The van der Waals surface area contributed by atoms with Crippen LogP contribution in [0.15, 0.2) is 0 Å². The summed E-state index contributed by atoms with van der Waals surface area (Å²) in [5, 5.41) is 17.6. The van der Waals surface area contributed by atoms with E-state index in [1.54, 1.807) is 0 Å². The van der Waals surface area contributed by atoms with Crippen LogP contribution in [0, 0.1) is 22.7 Å². The second-order valence-corrected chi connectivity index (χ2v) is 4.02. The van der Waals surface area contributed by atoms with Gasteiger partial charge in [-0.15, -0.1) is 0 Å². The minimum Gasteiger partial charge on any atom is -0.480 e. The quantitative estimate of drug-likeness (QED) is 0.635. The Morgan fingerprint density at radius 2 is 1.14 bits per heavy atom. The Morgan fingerprint density at radius 1 is 0.857 bits per heavy atom. The molecule has 0 radical (unpaired) electrons. The maximum atomic E-state index is 10.7. The number of carboxylic acid groups (broad SMARTS) is 2. The normalized spacial score (nSPS) is 24.3. The van der Waals surface area contributed by atoms with E-state index in [0.29, 0.717) is 25.7 Å². The van der Waals surface area contributed by atoms with Gasteiger partial charge in [-0.1, -0.05) is 11.8 Å². The molecule has 2 aliphatic rings. The van der Waals surface area contributed by atoms with Crippen LogP contribution in [-0.2, 0) is 9.59 Å². The van der Waals surface area contributed by atoms with Gasteiger partial charge in [-0.3, -0.25) is 9.59 Å². The van der Waals surface area contributed by atoms with Gasteiger partial charge in [-0.25, -0.2) is 0 Å². The van der Waals surface area contributed by atoms with Crippen LogP contribution in [0.25, 0.3) is 0 Å². The van der Waals surface area contributed by atoms with E-state index in [4.69, 9.17) is 10.2 Å². The van der Waals surface area contributed by atoms with Crippen LogP contribution < -0.4 is 0 Å². The van der Waals surface area contributed by atoms with Gasteiger partial charge in [-0.2, -0.15) is 0 Å². The van der Waals surface area contributed by atoms with Gasteiger partial charge >= 0.3 is 11.9 Å². The average molecular weight is 194 g/mol. The molecular weight excluding hydrogens is 184 g/mol. The summed E-state index contributed by atoms with van der Waals surface area (Å²) in [7, 11) is 0. The van der Waals surface area contributed by atoms with Crippen molar-refractivity contribution in [1.29, 1.82) is 0 Å². The molecule has 4 heteroatoms. The minimum absolute atomic E-state index is 0.547. The van der Waals surface area contributed by atoms with Crippen molar-refractivity contribution in [2.75, 3.05) is 0 Å². The lowest BCUT2D eigenvalue weighted by atomic mass is 10.0. The summed E-state index contributed by atoms with van der Waals surface area (Å²) in [6.45, 7) is 0. The summed E-state index contributed by atoms with van der Waals surface area (Å²) in [5.41, 5.74) is -1.85. The number of hydrogen-bond donors (Lipinski definition) is 2. The standard InChI is InChI=1S/C10H10O4/c11-7(12)9(1-2-9)5-6-10(3-4-10)8(13)14/h1-4H2,(H,11,12)(H,13,14). The van der Waals surface area contributed by atoms with Crippen LogP contribution in [0.1, 0.15) is 25.7 Å². The van der Waals surface area contributed by atoms with Gasteiger partial charge in [0.25, 0.3) is 0 Å². The summed E-state index contributed by atoms with van der Waals surface area (Å²) in [4.78, 5) is 21.5. The third kappa shape index (κ3) is 1.25. The van der Waals surface area contributed by atoms with E-state index in [1.165, 1.54) is 0 Å². The van der Waals surface area contributed by atoms with Crippen LogP contribution in [0.5, 0.6) is 0 Å². The molecular formula is C10H10O4. The number of carbonyl (C=O) groups is 2. The van der Waals surface area contributed by atoms with Gasteiger partial charge in [0.2, 0.25) is 0 Å². The number of carboxylic acids is 2. The van der Waals surface area contributed by atoms with Crippen molar-refractivity contribution in [3.63, 3.8) is 0 Å². The van der Waals surface area contributed by atoms with Crippen molar-refractivity contribution in [1.82, 2.24) is 0 Å². The topological polar surface area (TPSA) is 74.6 Å². The van der Waals surface area contributed by atoms with Gasteiger partial charge in [0.05, 0.1) is 0 Å². The predicted octanol–water partition coefficient (Wildman–Crippen LogP) is 0.719. The Bertz CT molecular complexity index is 329. The molecule has 0 amide bonds. The molecule has 2 fully saturated rings. The highest BCUT2D eigenvalue weighted by Crippen LogP contribution is 2.49. The molecule has 0 spiro atoms. The zero-order chi connectivity index (χ0) is 10.4. The maximum absolute atomic E-state index is 10.7. The summed E-state index contributed by atoms with van der Waals surface area (Å²) in [6, 6.07) is 0. The summed E-state index contributed by atoms with van der Waals surface area (Å²) < 4.78 is 0. The first-order valence-corrected chi connectivity index (χ1v) is 4.52. The molecule has 2 aliphatic carbocycles. The fourth-order valence-electron chi connectivity index (χ4n) is 1.27. The molecule has 0 saturated heterocycles. The molecule has 14 heavy (non-hydrogen) atoms. The molecule has 0 heterocycles. The van der Waals surface area contributed by atoms with Crippen LogP contribution >= 0.6 is 0 Å². The smallest absolute Gasteiger partial charge is 0.321 e. The fraction of sp³-hybridized carbons (Fsp3) is 0.600. The molecule has 0 bridgehead atoms. The molecule has 2 saturated carbocycles. The second kappa shape index (κ2) is 2.50. The monoisotopic (exact) mass is 194 g/mol. The van der Waals surface area contributed by atoms with Crippen molar-refractivity contribution in [3.8, 4) is 11.8 Å². The van der Waals surface area contributed by atoms with Crippen molar-refractivity contribution >= 4 is 11.9 Å². The van der Waals surface area contributed by atoms with Gasteiger partial charge in [0.1, 0.15) is 10.8 Å². The number of rotatable bonds is 2. The number of aliphatic carboxylic acids is 2. The van der Waals surface area contributed by atoms with E-state index in [0.717, 1.165) is 0 Å². The third-order valence-electron chi connectivity index (χ3n) is 2.86. The lowest BCUT2D eigenvalue weighted by Crippen LogP contribution is -2.15. The molecule has 0 aromatic heterocycles. The van der Waals surface area contributed by atoms with E-state index in [1.807, 2.05) is 0 Å². The first-order valence-electron chi connectivity index (χ1n) is 4.52. The predicted molar refractivity (Wildman–Crippen MR) is 46.4 cm³/mol. The van der Waals surface area contributed by atoms with Gasteiger partial charge < -0.3 is 10.2 Å². The van der Waals surface area contributed by atoms with E-state index < -0.39 is 22.8 Å². The highest BCUT2D eigenvalue weighted by Gasteiger charge is 2.52. The zero-order valence-corrected chi connectivity index (χ0v) is 7.54. The van der Waals surface area contributed by atoms with E-state index in [-0.39, 0.29) is 0 Å². The molecule has 2 rings (SSSR count). The molecule has 74 valence electrons. The Hall–Kier alpha value is -1.50. The fourth-order valence-corrected chi connectivity index (χ4v) is 1.27. The molecule has 4 nitrogen and oxygen atoms in total. The molecule has 0 aliphatic heterocycles. The largest absolute Gasteiger partial charge is 0.480 e. The molecule has 0 aromatic carbocycles. The molecule has 0 unspecified atom stereocenters. The second-order valence-electron chi connectivity index (χ2n) is 4.02. The van der Waals surface area contributed by atoms with Crippen molar-refractivity contribution in [3.05, 3.63) is 0 Å². The summed E-state index contributed by atoms with van der Waals surface area (Å²) in [6.07, 6.45) is 2.19. The SMILES string of the molecule is O=C(O)C1(C#CC2(C(=O)O)CC2)CC1. The Kier molecular flexibility index (Phi) is 1.62. The summed E-state index contributed by atoms with van der Waals surface area (Å²) in [5.74, 6) is 3.40. The third-order valence-corrected chi connectivity index (χ3v) is 2.86. The zero-order valence-electron chi connectivity index (χ0n) is 7.54. The first kappa shape index (κ1) is 9.07. The van der Waals surface area contributed by atoms with E-state index >= 15 is 0 Å². The minimum atomic E-state index is -0.926. The highest BCUT2D eigenvalue weighted by atomic mass is 16.4. The maximum Gasteiger partial charge on any atom is 0.321 e. The van der Waals surface area contributed by atoms with Crippen LogP contribution in [0.4, 0.5) is 0 Å². The average Bonchev–Trinajstić information content (AvgIpc) is 2.99. The van der Waals surface area contributed by atoms with E-state index in [9.17, 15) is 9.59 Å². The Morgan fingerprint density at radius 3 is 1.29 bits per heavy atom. The Balaban J connectivity index is 2.15. The van der Waals surface area contributed by atoms with Crippen molar-refractivity contribution in [2.24, 2.45) is 10.8 Å².